The van der Waals surface area contributed by atoms with Crippen LogP contribution in [0.5, 0.6) is 0 Å². The van der Waals surface area contributed by atoms with Gasteiger partial charge in [-0.2, -0.15) is 0 Å². The number of aliphatic hydroxyl groups excluding tert-OH is 6. The van der Waals surface area contributed by atoms with Crippen LogP contribution in [0.3, 0.4) is 0 Å². The fourth-order valence-corrected chi connectivity index (χ4v) is 4.72. The molecule has 0 radical (unpaired) electrons. The molecule has 1 fully saturated rings. The number of hydrogen-bond acceptors (Lipinski definition) is 16. The molecule has 0 aromatic heterocycles. The van der Waals surface area contributed by atoms with Gasteiger partial charge in [0.1, 0.15) is 0 Å². The summed E-state index contributed by atoms with van der Waals surface area (Å²) in [7, 11) is 0. The second-order valence-corrected chi connectivity index (χ2v) is 9.84. The largest absolute Gasteiger partial charge is 0.465 e. The second-order valence-electron chi connectivity index (χ2n) is 9.84. The Labute approximate surface area is 258 Å². The molecular formula is C28H52O16. The Morgan fingerprint density at radius 3 is 1.00 bits per heavy atom. The summed E-state index contributed by atoms with van der Waals surface area (Å²) >= 11 is 0. The summed E-state index contributed by atoms with van der Waals surface area (Å²) in [5.74, 6) is -5.74. The van der Waals surface area contributed by atoms with Crippen molar-refractivity contribution in [3.05, 3.63) is 0 Å². The number of rotatable bonds is 28. The molecule has 44 heavy (non-hydrogen) atoms. The van der Waals surface area contributed by atoms with Gasteiger partial charge in [-0.25, -0.2) is 0 Å². The average Bonchev–Trinajstić information content (AvgIpc) is 3.05. The lowest BCUT2D eigenvalue weighted by Gasteiger charge is -2.33. The molecule has 2 atom stereocenters. The Balaban J connectivity index is 2.68. The first-order valence-electron chi connectivity index (χ1n) is 15.2. The number of hydrogen-bond donors (Lipinski definition) is 6. The number of carbonyl (C=O) groups excluding carboxylic acids is 2. The van der Waals surface area contributed by atoms with Crippen LogP contribution in [-0.4, -0.2) is 147 Å². The summed E-state index contributed by atoms with van der Waals surface area (Å²) in [4.78, 5) is 26.0. The molecular weight excluding hydrogens is 592 g/mol. The minimum atomic E-state index is -1.65. The highest BCUT2D eigenvalue weighted by Crippen LogP contribution is 2.33. The smallest absolute Gasteiger partial charge is 0.309 e. The predicted octanol–water partition coefficient (Wildman–Crippen LogP) is -1.20. The van der Waals surface area contributed by atoms with Gasteiger partial charge < -0.3 is 68.5 Å². The Kier molecular flexibility index (Phi) is 22.7. The zero-order valence-corrected chi connectivity index (χ0v) is 25.5. The van der Waals surface area contributed by atoms with Crippen molar-refractivity contribution in [1.29, 1.82) is 0 Å². The molecule has 0 aliphatic heterocycles. The normalized spacial score (nSPS) is 17.5. The molecule has 6 N–H and O–H groups in total. The molecule has 1 aliphatic rings. The van der Waals surface area contributed by atoms with E-state index >= 15 is 0 Å². The van der Waals surface area contributed by atoms with Crippen LogP contribution in [0.1, 0.15) is 51.4 Å². The summed E-state index contributed by atoms with van der Waals surface area (Å²) in [6.07, 6.45) is 3.03. The molecule has 260 valence electrons. The predicted molar refractivity (Wildman–Crippen MR) is 150 cm³/mol. The van der Waals surface area contributed by atoms with E-state index in [-0.39, 0.29) is 118 Å². The average molecular weight is 645 g/mol. The van der Waals surface area contributed by atoms with E-state index < -0.39 is 35.7 Å². The Hall–Kier alpha value is -1.54. The third kappa shape index (κ3) is 15.6. The van der Waals surface area contributed by atoms with Crippen molar-refractivity contribution in [1.82, 2.24) is 0 Å². The molecule has 1 saturated carbocycles. The third-order valence-corrected chi connectivity index (χ3v) is 6.59. The van der Waals surface area contributed by atoms with Crippen LogP contribution in [0.2, 0.25) is 0 Å². The minimum Gasteiger partial charge on any atom is -0.465 e. The van der Waals surface area contributed by atoms with Crippen LogP contribution in [0.25, 0.3) is 0 Å². The standard InChI is InChI=1S/C28H52O16/c29-9-17-39-27(40-18-10-30,41-19-11-31)7-3-15-37-25(35)23-5-1-2-6-24(23)26(36)38-16-4-8-28(42-20-12-32,43-21-13-33)44-22-14-34/h23-24,29-34H,1-22H2. The molecule has 16 nitrogen and oxygen atoms in total. The van der Waals surface area contributed by atoms with Gasteiger partial charge in [-0.15, -0.1) is 0 Å². The van der Waals surface area contributed by atoms with Gasteiger partial charge in [0.15, 0.2) is 0 Å². The van der Waals surface area contributed by atoms with Crippen molar-refractivity contribution < 1.29 is 78.1 Å². The summed E-state index contributed by atoms with van der Waals surface area (Å²) < 4.78 is 44.0. The van der Waals surface area contributed by atoms with Gasteiger partial charge in [0.2, 0.25) is 0 Å². The van der Waals surface area contributed by atoms with E-state index in [1.165, 1.54) is 0 Å². The van der Waals surface area contributed by atoms with Crippen LogP contribution >= 0.6 is 0 Å². The fraction of sp³-hybridized carbons (Fsp3) is 0.929. The van der Waals surface area contributed by atoms with Crippen molar-refractivity contribution >= 4 is 11.9 Å². The summed E-state index contributed by atoms with van der Waals surface area (Å²) in [5, 5.41) is 54.9. The van der Waals surface area contributed by atoms with Crippen molar-refractivity contribution in [2.75, 3.05) is 92.5 Å². The van der Waals surface area contributed by atoms with Gasteiger partial charge in [0.25, 0.3) is 11.9 Å². The van der Waals surface area contributed by atoms with Crippen molar-refractivity contribution in [2.45, 2.75) is 63.3 Å². The maximum absolute atomic E-state index is 13.0. The molecule has 0 aromatic rings. The third-order valence-electron chi connectivity index (χ3n) is 6.59. The Bertz CT molecular complexity index is 635. The molecule has 0 amide bonds. The van der Waals surface area contributed by atoms with Crippen LogP contribution in [-0.2, 0) is 47.5 Å². The monoisotopic (exact) mass is 644 g/mol. The molecule has 1 rings (SSSR count). The molecule has 0 bridgehead atoms. The lowest BCUT2D eigenvalue weighted by Crippen LogP contribution is -2.42. The highest BCUT2D eigenvalue weighted by molar-refractivity contribution is 5.82. The zero-order valence-electron chi connectivity index (χ0n) is 25.5. The lowest BCUT2D eigenvalue weighted by atomic mass is 9.79. The van der Waals surface area contributed by atoms with E-state index in [1.54, 1.807) is 0 Å². The van der Waals surface area contributed by atoms with Crippen molar-refractivity contribution in [2.24, 2.45) is 11.8 Å². The van der Waals surface area contributed by atoms with Crippen LogP contribution in [0.4, 0.5) is 0 Å². The van der Waals surface area contributed by atoms with Crippen LogP contribution in [0.15, 0.2) is 0 Å². The molecule has 0 heterocycles. The minimum absolute atomic E-state index is 0.0378. The first-order valence-corrected chi connectivity index (χ1v) is 15.2. The number of esters is 2. The van der Waals surface area contributed by atoms with Gasteiger partial charge in [-0.05, 0) is 25.7 Å². The highest BCUT2D eigenvalue weighted by atomic mass is 16.9. The summed E-state index contributed by atoms with van der Waals surface area (Å²) in [6.45, 7) is -2.67. The van der Waals surface area contributed by atoms with E-state index in [1.807, 2.05) is 0 Å². The summed E-state index contributed by atoms with van der Waals surface area (Å²) in [5.41, 5.74) is 0. The number of carbonyl (C=O) groups is 2. The SMILES string of the molecule is O=C(OCCCC(OCCO)(OCCO)OCCO)C1CCCCC1C(=O)OCCCC(OCCO)(OCCO)OCCO. The van der Waals surface area contributed by atoms with Crippen molar-refractivity contribution in [3.8, 4) is 0 Å². The Morgan fingerprint density at radius 1 is 0.477 bits per heavy atom. The lowest BCUT2D eigenvalue weighted by molar-refractivity contribution is -0.387. The molecule has 16 heteroatoms. The van der Waals surface area contributed by atoms with Gasteiger partial charge in [-0.3, -0.25) is 9.59 Å². The van der Waals surface area contributed by atoms with Crippen molar-refractivity contribution in [3.63, 3.8) is 0 Å². The number of aliphatic hydroxyl groups is 6. The maximum atomic E-state index is 13.0. The fourth-order valence-electron chi connectivity index (χ4n) is 4.72. The second kappa shape index (κ2) is 24.7. The Morgan fingerprint density at radius 2 is 0.750 bits per heavy atom. The van der Waals surface area contributed by atoms with E-state index in [9.17, 15) is 9.59 Å². The van der Waals surface area contributed by atoms with E-state index in [0.29, 0.717) is 12.8 Å². The quantitative estimate of drug-likeness (QED) is 0.0334. The van der Waals surface area contributed by atoms with E-state index in [0.717, 1.165) is 12.8 Å². The van der Waals surface area contributed by atoms with Gasteiger partial charge in [0.05, 0.1) is 104 Å². The van der Waals surface area contributed by atoms with Gasteiger partial charge in [0, 0.05) is 12.8 Å². The zero-order chi connectivity index (χ0) is 32.5. The first kappa shape index (κ1) is 40.5. The maximum Gasteiger partial charge on any atom is 0.309 e. The van der Waals surface area contributed by atoms with E-state index in [4.69, 9.17) is 68.5 Å². The van der Waals surface area contributed by atoms with Gasteiger partial charge in [-0.1, -0.05) is 12.8 Å². The molecule has 0 aromatic carbocycles. The topological polar surface area (TPSA) is 229 Å². The molecule has 0 spiro atoms. The first-order chi connectivity index (χ1) is 21.4. The molecule has 1 aliphatic carbocycles. The van der Waals surface area contributed by atoms with Gasteiger partial charge >= 0.3 is 11.9 Å². The molecule has 2 unspecified atom stereocenters. The highest BCUT2D eigenvalue weighted by Gasteiger charge is 2.39. The molecule has 0 saturated heterocycles. The van der Waals surface area contributed by atoms with Crippen LogP contribution < -0.4 is 0 Å². The van der Waals surface area contributed by atoms with E-state index in [2.05, 4.69) is 0 Å². The summed E-state index contributed by atoms with van der Waals surface area (Å²) in [6, 6.07) is 0. The van der Waals surface area contributed by atoms with Crippen LogP contribution in [0, 0.1) is 11.8 Å². The number of ether oxygens (including phenoxy) is 8.